The lowest BCUT2D eigenvalue weighted by atomic mass is 9.79. The summed E-state index contributed by atoms with van der Waals surface area (Å²) in [6, 6.07) is 16.3. The van der Waals surface area contributed by atoms with E-state index in [0.717, 1.165) is 36.6 Å². The predicted molar refractivity (Wildman–Crippen MR) is 91.1 cm³/mol. The first-order valence-electron chi connectivity index (χ1n) is 8.66. The number of nitrogens with zero attached hydrogens (tertiary/aromatic N) is 2. The second kappa shape index (κ2) is 6.15. The van der Waals surface area contributed by atoms with E-state index < -0.39 is 0 Å². The molecule has 2 heterocycles. The summed E-state index contributed by atoms with van der Waals surface area (Å²) in [4.78, 5) is 19.7. The minimum Gasteiger partial charge on any atom is -0.334 e. The number of likely N-dealkylation sites (tertiary alicyclic amines) is 1. The van der Waals surface area contributed by atoms with Crippen LogP contribution in [-0.2, 0) is 0 Å². The van der Waals surface area contributed by atoms with Crippen molar-refractivity contribution in [2.24, 2.45) is 5.92 Å². The Morgan fingerprint density at radius 2 is 1.78 bits per heavy atom. The third-order valence-electron chi connectivity index (χ3n) is 5.29. The lowest BCUT2D eigenvalue weighted by Gasteiger charge is -2.36. The van der Waals surface area contributed by atoms with Crippen LogP contribution in [0.3, 0.4) is 0 Å². The third-order valence-corrected chi connectivity index (χ3v) is 5.29. The van der Waals surface area contributed by atoms with Gasteiger partial charge < -0.3 is 4.90 Å². The zero-order valence-electron chi connectivity index (χ0n) is 13.3. The van der Waals surface area contributed by atoms with Crippen LogP contribution in [0.4, 0.5) is 0 Å². The van der Waals surface area contributed by atoms with E-state index in [1.807, 2.05) is 48.5 Å². The standard InChI is InChI=1S/C20H22N2O/c23-20(22-14-6-13-19(22)16-9-4-10-16)18-12-5-11-17(21-18)15-7-2-1-3-8-15/h1-3,5,7-8,11-12,16,19H,4,6,9-10,13-14H2. The van der Waals surface area contributed by atoms with Crippen LogP contribution < -0.4 is 0 Å². The molecule has 2 aromatic rings. The van der Waals surface area contributed by atoms with Crippen LogP contribution in [0.1, 0.15) is 42.6 Å². The summed E-state index contributed by atoms with van der Waals surface area (Å²) in [6.07, 6.45) is 6.18. The number of aromatic nitrogens is 1. The van der Waals surface area contributed by atoms with Crippen LogP contribution in [0, 0.1) is 5.92 Å². The maximum atomic E-state index is 12.9. The Kier molecular flexibility index (Phi) is 3.86. The van der Waals surface area contributed by atoms with Crippen LogP contribution in [0.25, 0.3) is 11.3 Å². The zero-order valence-corrected chi connectivity index (χ0v) is 13.3. The topological polar surface area (TPSA) is 33.2 Å². The number of carbonyl (C=O) groups is 1. The lowest BCUT2D eigenvalue weighted by Crippen LogP contribution is -2.42. The van der Waals surface area contributed by atoms with Gasteiger partial charge >= 0.3 is 0 Å². The molecule has 4 rings (SSSR count). The van der Waals surface area contributed by atoms with Gasteiger partial charge in [-0.05, 0) is 43.7 Å². The molecule has 23 heavy (non-hydrogen) atoms. The van der Waals surface area contributed by atoms with Gasteiger partial charge in [-0.2, -0.15) is 0 Å². The van der Waals surface area contributed by atoms with Gasteiger partial charge in [-0.3, -0.25) is 4.79 Å². The first kappa shape index (κ1) is 14.4. The van der Waals surface area contributed by atoms with Gasteiger partial charge in [0.15, 0.2) is 0 Å². The van der Waals surface area contributed by atoms with Crippen molar-refractivity contribution in [1.29, 1.82) is 0 Å². The molecule has 1 saturated heterocycles. The molecule has 2 fully saturated rings. The highest BCUT2D eigenvalue weighted by Crippen LogP contribution is 2.37. The van der Waals surface area contributed by atoms with Gasteiger partial charge in [0.05, 0.1) is 5.69 Å². The van der Waals surface area contributed by atoms with E-state index in [9.17, 15) is 4.79 Å². The van der Waals surface area contributed by atoms with Crippen molar-refractivity contribution in [3.8, 4) is 11.3 Å². The minimum atomic E-state index is 0.109. The largest absolute Gasteiger partial charge is 0.334 e. The van der Waals surface area contributed by atoms with Gasteiger partial charge in [-0.25, -0.2) is 4.98 Å². The van der Waals surface area contributed by atoms with Crippen molar-refractivity contribution in [2.75, 3.05) is 6.54 Å². The van der Waals surface area contributed by atoms with E-state index in [1.54, 1.807) is 0 Å². The summed E-state index contributed by atoms with van der Waals surface area (Å²) in [6.45, 7) is 0.886. The second-order valence-electron chi connectivity index (χ2n) is 6.67. The normalized spacial score (nSPS) is 21.2. The summed E-state index contributed by atoms with van der Waals surface area (Å²) in [5.74, 6) is 0.830. The van der Waals surface area contributed by atoms with Crippen LogP contribution in [0.15, 0.2) is 48.5 Å². The average molecular weight is 306 g/mol. The van der Waals surface area contributed by atoms with Crippen molar-refractivity contribution in [2.45, 2.75) is 38.1 Å². The predicted octanol–water partition coefficient (Wildman–Crippen LogP) is 4.15. The first-order chi connectivity index (χ1) is 11.3. The van der Waals surface area contributed by atoms with E-state index in [4.69, 9.17) is 0 Å². The molecule has 118 valence electrons. The van der Waals surface area contributed by atoms with Crippen molar-refractivity contribution in [3.05, 3.63) is 54.2 Å². The molecular formula is C20H22N2O. The Hall–Kier alpha value is -2.16. The summed E-state index contributed by atoms with van der Waals surface area (Å²) in [5, 5.41) is 0. The Balaban J connectivity index is 1.59. The number of pyridine rings is 1. The zero-order chi connectivity index (χ0) is 15.6. The summed E-state index contributed by atoms with van der Waals surface area (Å²) >= 11 is 0. The minimum absolute atomic E-state index is 0.109. The fourth-order valence-electron chi connectivity index (χ4n) is 3.83. The Bertz CT molecular complexity index is 694. The van der Waals surface area contributed by atoms with Crippen LogP contribution in [0.2, 0.25) is 0 Å². The number of hydrogen-bond acceptors (Lipinski definition) is 2. The van der Waals surface area contributed by atoms with Gasteiger partial charge in [0.2, 0.25) is 0 Å². The molecule has 1 aromatic heterocycles. The van der Waals surface area contributed by atoms with Gasteiger partial charge in [-0.15, -0.1) is 0 Å². The number of benzene rings is 1. The molecule has 1 aliphatic heterocycles. The third kappa shape index (κ3) is 2.76. The molecule has 1 amide bonds. The van der Waals surface area contributed by atoms with E-state index in [2.05, 4.69) is 9.88 Å². The Labute approximate surface area is 137 Å². The molecule has 0 bridgehead atoms. The average Bonchev–Trinajstić information content (AvgIpc) is 3.02. The van der Waals surface area contributed by atoms with Crippen molar-refractivity contribution in [3.63, 3.8) is 0 Å². The molecular weight excluding hydrogens is 284 g/mol. The molecule has 3 heteroatoms. The van der Waals surface area contributed by atoms with Gasteiger partial charge in [0.25, 0.3) is 5.91 Å². The van der Waals surface area contributed by atoms with Gasteiger partial charge in [-0.1, -0.05) is 42.8 Å². The number of hydrogen-bond donors (Lipinski definition) is 0. The highest BCUT2D eigenvalue weighted by molar-refractivity contribution is 5.93. The maximum Gasteiger partial charge on any atom is 0.272 e. The fourth-order valence-corrected chi connectivity index (χ4v) is 3.83. The molecule has 3 nitrogen and oxygen atoms in total. The Morgan fingerprint density at radius 1 is 0.957 bits per heavy atom. The SMILES string of the molecule is O=C(c1cccc(-c2ccccc2)n1)N1CCCC1C1CCC1. The van der Waals surface area contributed by atoms with Gasteiger partial charge in [0.1, 0.15) is 5.69 Å². The van der Waals surface area contributed by atoms with E-state index in [-0.39, 0.29) is 5.91 Å². The smallest absolute Gasteiger partial charge is 0.272 e. The monoisotopic (exact) mass is 306 g/mol. The lowest BCUT2D eigenvalue weighted by molar-refractivity contribution is 0.0620. The van der Waals surface area contributed by atoms with E-state index >= 15 is 0 Å². The van der Waals surface area contributed by atoms with Crippen molar-refractivity contribution in [1.82, 2.24) is 9.88 Å². The quantitative estimate of drug-likeness (QED) is 0.853. The number of rotatable bonds is 3. The molecule has 1 unspecified atom stereocenters. The second-order valence-corrected chi connectivity index (χ2v) is 6.67. The molecule has 0 spiro atoms. The summed E-state index contributed by atoms with van der Waals surface area (Å²) in [7, 11) is 0. The molecule has 1 aliphatic carbocycles. The number of amides is 1. The summed E-state index contributed by atoms with van der Waals surface area (Å²) in [5.41, 5.74) is 2.51. The highest BCUT2D eigenvalue weighted by atomic mass is 16.2. The molecule has 1 aromatic carbocycles. The van der Waals surface area contributed by atoms with Crippen LogP contribution >= 0.6 is 0 Å². The van der Waals surface area contributed by atoms with E-state index in [1.165, 1.54) is 19.3 Å². The van der Waals surface area contributed by atoms with Crippen LogP contribution in [-0.4, -0.2) is 28.4 Å². The van der Waals surface area contributed by atoms with E-state index in [0.29, 0.717) is 11.7 Å². The van der Waals surface area contributed by atoms with Crippen molar-refractivity contribution < 1.29 is 4.79 Å². The molecule has 0 N–H and O–H groups in total. The molecule has 1 atom stereocenters. The molecule has 2 aliphatic rings. The summed E-state index contributed by atoms with van der Waals surface area (Å²) < 4.78 is 0. The Morgan fingerprint density at radius 3 is 2.52 bits per heavy atom. The first-order valence-corrected chi connectivity index (χ1v) is 8.66. The van der Waals surface area contributed by atoms with Crippen LogP contribution in [0.5, 0.6) is 0 Å². The van der Waals surface area contributed by atoms with Crippen molar-refractivity contribution >= 4 is 5.91 Å². The number of carbonyl (C=O) groups excluding carboxylic acids is 1. The highest BCUT2D eigenvalue weighted by Gasteiger charge is 2.37. The molecule has 0 radical (unpaired) electrons. The maximum absolute atomic E-state index is 12.9. The fraction of sp³-hybridized carbons (Fsp3) is 0.400. The molecule has 1 saturated carbocycles. The van der Waals surface area contributed by atoms with Gasteiger partial charge in [0, 0.05) is 18.2 Å².